The summed E-state index contributed by atoms with van der Waals surface area (Å²) in [5, 5.41) is 23.1. The summed E-state index contributed by atoms with van der Waals surface area (Å²) in [5.41, 5.74) is -0.0298. The number of rotatable bonds is 2. The fraction of sp³-hybridized carbons (Fsp3) is 0.286. The first-order valence-electron chi connectivity index (χ1n) is 6.07. The Morgan fingerprint density at radius 2 is 1.35 bits per heavy atom. The second-order valence-electron chi connectivity index (χ2n) is 5.67. The Balaban J connectivity index is 2.75. The zero-order valence-corrected chi connectivity index (χ0v) is 11.4. The van der Waals surface area contributed by atoms with E-state index in [0.717, 1.165) is 5.56 Å². The van der Waals surface area contributed by atoms with Crippen LogP contribution in [0.15, 0.2) is 30.3 Å². The molecule has 0 saturated heterocycles. The van der Waals surface area contributed by atoms with E-state index in [1.165, 1.54) is 12.1 Å². The molecule has 0 unspecified atom stereocenters. The Morgan fingerprint density at radius 3 is 1.80 bits per heavy atom. The molecule has 0 radical (unpaired) electrons. The van der Waals surface area contributed by atoms with Gasteiger partial charge in [-0.3, -0.25) is 20.2 Å². The number of nitro groups is 2. The third kappa shape index (κ3) is 2.45. The monoisotopic (exact) mass is 274 g/mol. The van der Waals surface area contributed by atoms with Crippen LogP contribution in [0.25, 0.3) is 10.8 Å². The highest BCUT2D eigenvalue weighted by Crippen LogP contribution is 2.34. The van der Waals surface area contributed by atoms with Gasteiger partial charge in [0.25, 0.3) is 0 Å². The molecule has 0 saturated carbocycles. The molecule has 0 atom stereocenters. The zero-order chi connectivity index (χ0) is 15.1. The molecule has 20 heavy (non-hydrogen) atoms. The van der Waals surface area contributed by atoms with Crippen molar-refractivity contribution in [2.75, 3.05) is 0 Å². The number of benzene rings is 2. The summed E-state index contributed by atoms with van der Waals surface area (Å²) in [7, 11) is 0. The maximum Gasteiger partial charge on any atom is 0.346 e. The van der Waals surface area contributed by atoms with Crippen molar-refractivity contribution in [1.29, 1.82) is 0 Å². The number of fused-ring (bicyclic) bond motifs is 1. The summed E-state index contributed by atoms with van der Waals surface area (Å²) >= 11 is 0. The first kappa shape index (κ1) is 13.9. The minimum Gasteiger partial charge on any atom is -0.258 e. The van der Waals surface area contributed by atoms with Crippen molar-refractivity contribution >= 4 is 22.1 Å². The Hall–Kier alpha value is -2.50. The molecule has 0 amide bonds. The molecule has 104 valence electrons. The summed E-state index contributed by atoms with van der Waals surface area (Å²) in [6.45, 7) is 6.11. The fourth-order valence-corrected chi connectivity index (χ4v) is 2.03. The van der Waals surface area contributed by atoms with E-state index in [4.69, 9.17) is 0 Å². The molecule has 0 N–H and O–H groups in total. The van der Waals surface area contributed by atoms with Gasteiger partial charge in [-0.05, 0) is 21.8 Å². The van der Waals surface area contributed by atoms with Crippen molar-refractivity contribution in [3.05, 3.63) is 56.1 Å². The lowest BCUT2D eigenvalue weighted by molar-refractivity contribution is -0.422. The van der Waals surface area contributed by atoms with E-state index in [-0.39, 0.29) is 5.41 Å². The molecule has 0 aliphatic rings. The summed E-state index contributed by atoms with van der Waals surface area (Å²) in [5.74, 6) is 0. The van der Waals surface area contributed by atoms with Crippen LogP contribution < -0.4 is 0 Å². The largest absolute Gasteiger partial charge is 0.346 e. The molecule has 0 aliphatic heterocycles. The molecule has 0 aliphatic carbocycles. The topological polar surface area (TPSA) is 86.3 Å². The standard InChI is InChI=1S/C14H14N2O4/c1-14(2,3)11-5-4-9-7-12(15(17)18)13(16(19)20)8-10(9)6-11/h4-8H,1-3H3. The third-order valence-corrected chi connectivity index (χ3v) is 3.19. The fourth-order valence-electron chi connectivity index (χ4n) is 2.03. The van der Waals surface area contributed by atoms with E-state index < -0.39 is 21.2 Å². The maximum atomic E-state index is 11.0. The molecule has 2 rings (SSSR count). The van der Waals surface area contributed by atoms with Gasteiger partial charge in [0.05, 0.1) is 9.85 Å². The molecule has 0 heterocycles. The number of nitrogens with zero attached hydrogens (tertiary/aromatic N) is 2. The molecule has 0 fully saturated rings. The number of hydrogen-bond donors (Lipinski definition) is 0. The molecule has 0 bridgehead atoms. The third-order valence-electron chi connectivity index (χ3n) is 3.19. The highest BCUT2D eigenvalue weighted by atomic mass is 16.6. The van der Waals surface area contributed by atoms with Gasteiger partial charge >= 0.3 is 11.4 Å². The molecule has 0 spiro atoms. The highest BCUT2D eigenvalue weighted by Gasteiger charge is 2.25. The van der Waals surface area contributed by atoms with Gasteiger partial charge in [-0.15, -0.1) is 0 Å². The van der Waals surface area contributed by atoms with Crippen molar-refractivity contribution in [2.24, 2.45) is 0 Å². The number of nitro benzene ring substituents is 2. The zero-order valence-electron chi connectivity index (χ0n) is 11.4. The Labute approximate surface area is 115 Å². The normalized spacial score (nSPS) is 11.6. The van der Waals surface area contributed by atoms with E-state index in [0.29, 0.717) is 10.8 Å². The van der Waals surface area contributed by atoms with Crippen LogP contribution in [0.2, 0.25) is 0 Å². The molecule has 2 aromatic carbocycles. The minimum absolute atomic E-state index is 0.0925. The summed E-state index contributed by atoms with van der Waals surface area (Å²) < 4.78 is 0. The van der Waals surface area contributed by atoms with Crippen molar-refractivity contribution in [3.63, 3.8) is 0 Å². The van der Waals surface area contributed by atoms with Crippen LogP contribution >= 0.6 is 0 Å². The molecule has 2 aromatic rings. The SMILES string of the molecule is CC(C)(C)c1ccc2cc([N+](=O)[O-])c([N+](=O)[O-])cc2c1. The van der Waals surface area contributed by atoms with Gasteiger partial charge in [-0.1, -0.05) is 39.0 Å². The summed E-state index contributed by atoms with van der Waals surface area (Å²) in [4.78, 5) is 20.4. The Morgan fingerprint density at radius 1 is 0.850 bits per heavy atom. The van der Waals surface area contributed by atoms with E-state index in [2.05, 4.69) is 0 Å². The first-order chi connectivity index (χ1) is 9.20. The summed E-state index contributed by atoms with van der Waals surface area (Å²) in [6.07, 6.45) is 0. The van der Waals surface area contributed by atoms with Crippen molar-refractivity contribution in [2.45, 2.75) is 26.2 Å². The smallest absolute Gasteiger partial charge is 0.258 e. The maximum absolute atomic E-state index is 11.0. The van der Waals surface area contributed by atoms with Crippen LogP contribution in [0.1, 0.15) is 26.3 Å². The van der Waals surface area contributed by atoms with Crippen molar-refractivity contribution in [3.8, 4) is 0 Å². The van der Waals surface area contributed by atoms with Gasteiger partial charge in [0.1, 0.15) is 0 Å². The first-order valence-corrected chi connectivity index (χ1v) is 6.07. The molecular weight excluding hydrogens is 260 g/mol. The quantitative estimate of drug-likeness (QED) is 0.612. The Kier molecular flexibility index (Phi) is 3.17. The average Bonchev–Trinajstić information content (AvgIpc) is 2.35. The van der Waals surface area contributed by atoms with E-state index in [1.54, 1.807) is 6.07 Å². The van der Waals surface area contributed by atoms with Gasteiger partial charge < -0.3 is 0 Å². The van der Waals surface area contributed by atoms with Crippen LogP contribution in [0.5, 0.6) is 0 Å². The van der Waals surface area contributed by atoms with Crippen LogP contribution in [0.3, 0.4) is 0 Å². The average molecular weight is 274 g/mol. The van der Waals surface area contributed by atoms with Crippen molar-refractivity contribution in [1.82, 2.24) is 0 Å². The number of hydrogen-bond acceptors (Lipinski definition) is 4. The molecule has 6 heteroatoms. The summed E-state index contributed by atoms with van der Waals surface area (Å²) in [6, 6.07) is 8.00. The predicted octanol–water partition coefficient (Wildman–Crippen LogP) is 3.95. The van der Waals surface area contributed by atoms with Gasteiger partial charge in [0.15, 0.2) is 0 Å². The highest BCUT2D eigenvalue weighted by molar-refractivity contribution is 5.89. The lowest BCUT2D eigenvalue weighted by Crippen LogP contribution is -2.10. The predicted molar refractivity (Wildman–Crippen MR) is 76.0 cm³/mol. The van der Waals surface area contributed by atoms with Crippen LogP contribution in [-0.4, -0.2) is 9.85 Å². The van der Waals surface area contributed by atoms with E-state index in [1.807, 2.05) is 32.9 Å². The van der Waals surface area contributed by atoms with Crippen LogP contribution in [0.4, 0.5) is 11.4 Å². The second kappa shape index (κ2) is 4.56. The second-order valence-corrected chi connectivity index (χ2v) is 5.67. The minimum atomic E-state index is -0.727. The molecule has 6 nitrogen and oxygen atoms in total. The van der Waals surface area contributed by atoms with Gasteiger partial charge in [-0.25, -0.2) is 0 Å². The molecular formula is C14H14N2O4. The Bertz CT molecular complexity index is 717. The lowest BCUT2D eigenvalue weighted by Gasteiger charge is -2.19. The van der Waals surface area contributed by atoms with Crippen LogP contribution in [0, 0.1) is 20.2 Å². The van der Waals surface area contributed by atoms with Gasteiger partial charge in [-0.2, -0.15) is 0 Å². The lowest BCUT2D eigenvalue weighted by atomic mass is 9.86. The van der Waals surface area contributed by atoms with E-state index >= 15 is 0 Å². The van der Waals surface area contributed by atoms with Crippen molar-refractivity contribution < 1.29 is 9.85 Å². The van der Waals surface area contributed by atoms with Gasteiger partial charge in [0.2, 0.25) is 0 Å². The molecule has 0 aromatic heterocycles. The van der Waals surface area contributed by atoms with Crippen LogP contribution in [-0.2, 0) is 5.41 Å². The van der Waals surface area contributed by atoms with Gasteiger partial charge in [0, 0.05) is 12.1 Å². The van der Waals surface area contributed by atoms with E-state index in [9.17, 15) is 20.2 Å².